The third-order valence-corrected chi connectivity index (χ3v) is 2.19. The number of carbonyl (C=O) groups is 1. The molecule has 4 heteroatoms. The van der Waals surface area contributed by atoms with Gasteiger partial charge < -0.3 is 0 Å². The molecule has 1 aliphatic heterocycles. The van der Waals surface area contributed by atoms with E-state index in [0.717, 1.165) is 0 Å². The van der Waals surface area contributed by atoms with Crippen LogP contribution in [0.2, 0.25) is 5.02 Å². The molecule has 0 aliphatic carbocycles. The SMILES string of the molecule is O=C=C1N=c2ccc(Cl)cc2=C1C=O. The summed E-state index contributed by atoms with van der Waals surface area (Å²) in [5.41, 5.74) is 0.287. The van der Waals surface area contributed by atoms with Crippen LogP contribution in [0.5, 0.6) is 0 Å². The summed E-state index contributed by atoms with van der Waals surface area (Å²) < 4.78 is 0. The molecule has 0 spiro atoms. The van der Waals surface area contributed by atoms with Gasteiger partial charge in [0.25, 0.3) is 0 Å². The van der Waals surface area contributed by atoms with E-state index < -0.39 is 0 Å². The summed E-state index contributed by atoms with van der Waals surface area (Å²) in [6, 6.07) is 4.92. The van der Waals surface area contributed by atoms with E-state index in [1.54, 1.807) is 24.1 Å². The van der Waals surface area contributed by atoms with Gasteiger partial charge in [-0.3, -0.25) is 4.79 Å². The first-order chi connectivity index (χ1) is 6.76. The number of rotatable bonds is 1. The van der Waals surface area contributed by atoms with Crippen LogP contribution in [-0.2, 0) is 9.59 Å². The second-order valence-corrected chi connectivity index (χ2v) is 3.19. The van der Waals surface area contributed by atoms with E-state index in [0.29, 0.717) is 21.9 Å². The minimum absolute atomic E-state index is 0.0391. The predicted octanol–water partition coefficient (Wildman–Crippen LogP) is 0.0383. The maximum atomic E-state index is 10.7. The molecule has 0 amide bonds. The van der Waals surface area contributed by atoms with Crippen LogP contribution in [-0.4, -0.2) is 12.2 Å². The fourth-order valence-electron chi connectivity index (χ4n) is 1.33. The molecule has 1 aromatic carbocycles. The number of nitrogens with zero attached hydrogens (tertiary/aromatic N) is 1. The summed E-state index contributed by atoms with van der Waals surface area (Å²) in [5, 5.41) is 1.67. The van der Waals surface area contributed by atoms with Gasteiger partial charge in [-0.05, 0) is 18.2 Å². The average molecular weight is 206 g/mol. The van der Waals surface area contributed by atoms with Crippen molar-refractivity contribution in [3.63, 3.8) is 0 Å². The highest BCUT2D eigenvalue weighted by atomic mass is 35.5. The van der Waals surface area contributed by atoms with Gasteiger partial charge in [-0.1, -0.05) is 11.6 Å². The van der Waals surface area contributed by atoms with Crippen molar-refractivity contribution >= 4 is 29.4 Å². The van der Waals surface area contributed by atoms with E-state index in [-0.39, 0.29) is 11.3 Å². The molecular formula is C10H4ClNO2. The van der Waals surface area contributed by atoms with Crippen molar-refractivity contribution in [3.05, 3.63) is 39.5 Å². The Kier molecular flexibility index (Phi) is 2.04. The maximum Gasteiger partial charge on any atom is 0.158 e. The van der Waals surface area contributed by atoms with E-state index in [1.807, 2.05) is 0 Å². The second-order valence-electron chi connectivity index (χ2n) is 2.76. The summed E-state index contributed by atoms with van der Waals surface area (Å²) in [5.74, 6) is 1.62. The number of hydrogen-bond acceptors (Lipinski definition) is 3. The molecule has 0 unspecified atom stereocenters. The van der Waals surface area contributed by atoms with E-state index in [9.17, 15) is 9.59 Å². The van der Waals surface area contributed by atoms with Crippen LogP contribution in [0, 0.1) is 0 Å². The van der Waals surface area contributed by atoms with Gasteiger partial charge in [0.15, 0.2) is 17.9 Å². The molecule has 1 heterocycles. The summed E-state index contributed by atoms with van der Waals surface area (Å²) in [6.45, 7) is 0. The topological polar surface area (TPSA) is 46.5 Å². The third kappa shape index (κ3) is 1.20. The number of allylic oxidation sites excluding steroid dienone is 1. The average Bonchev–Trinajstić information content (AvgIpc) is 2.54. The highest BCUT2D eigenvalue weighted by Crippen LogP contribution is 2.09. The lowest BCUT2D eigenvalue weighted by Gasteiger charge is -1.87. The largest absolute Gasteiger partial charge is 0.298 e. The van der Waals surface area contributed by atoms with Gasteiger partial charge in [0, 0.05) is 10.2 Å². The number of fused-ring (bicyclic) bond motifs is 1. The summed E-state index contributed by atoms with van der Waals surface area (Å²) >= 11 is 5.76. The van der Waals surface area contributed by atoms with Gasteiger partial charge in [-0.25, -0.2) is 9.79 Å². The fraction of sp³-hybridized carbons (Fsp3) is 0. The minimum Gasteiger partial charge on any atom is -0.298 e. The lowest BCUT2D eigenvalue weighted by Crippen LogP contribution is -2.22. The summed E-state index contributed by atoms with van der Waals surface area (Å²) in [7, 11) is 0. The molecule has 0 saturated heterocycles. The highest BCUT2D eigenvalue weighted by Gasteiger charge is 2.12. The van der Waals surface area contributed by atoms with Crippen LogP contribution in [0.15, 0.2) is 28.9 Å². The van der Waals surface area contributed by atoms with Crippen LogP contribution in [0.25, 0.3) is 5.57 Å². The number of aldehydes is 1. The third-order valence-electron chi connectivity index (χ3n) is 1.95. The molecule has 0 fully saturated rings. The lowest BCUT2D eigenvalue weighted by atomic mass is 10.2. The number of halogens is 1. The second kappa shape index (κ2) is 3.22. The first-order valence-corrected chi connectivity index (χ1v) is 4.23. The zero-order valence-electron chi connectivity index (χ0n) is 6.95. The fourth-order valence-corrected chi connectivity index (χ4v) is 1.50. The van der Waals surface area contributed by atoms with Crippen LogP contribution in [0.4, 0.5) is 0 Å². The Bertz CT molecular complexity index is 583. The van der Waals surface area contributed by atoms with Crippen molar-refractivity contribution in [3.8, 4) is 0 Å². The first kappa shape index (κ1) is 8.88. The molecule has 1 aliphatic rings. The van der Waals surface area contributed by atoms with Crippen LogP contribution < -0.4 is 10.6 Å². The molecule has 0 radical (unpaired) electrons. The Morgan fingerprint density at radius 1 is 1.43 bits per heavy atom. The summed E-state index contributed by atoms with van der Waals surface area (Å²) in [6.07, 6.45) is 0.589. The Hall–Kier alpha value is -1.70. The van der Waals surface area contributed by atoms with Gasteiger partial charge in [-0.15, -0.1) is 0 Å². The van der Waals surface area contributed by atoms with Gasteiger partial charge in [-0.2, -0.15) is 0 Å². The van der Waals surface area contributed by atoms with Gasteiger partial charge in [0.05, 0.1) is 10.9 Å². The maximum absolute atomic E-state index is 10.7. The van der Waals surface area contributed by atoms with Crippen molar-refractivity contribution in [2.75, 3.05) is 0 Å². The lowest BCUT2D eigenvalue weighted by molar-refractivity contribution is -0.103. The molecule has 3 nitrogen and oxygen atoms in total. The van der Waals surface area contributed by atoms with Gasteiger partial charge in [0.1, 0.15) is 0 Å². The normalized spacial score (nSPS) is 13.2. The molecule has 0 N–H and O–H groups in total. The Balaban J connectivity index is 2.98. The molecule has 0 aromatic heterocycles. The van der Waals surface area contributed by atoms with Crippen molar-refractivity contribution in [2.45, 2.75) is 0 Å². The van der Waals surface area contributed by atoms with Crippen LogP contribution in [0.3, 0.4) is 0 Å². The monoisotopic (exact) mass is 205 g/mol. The summed E-state index contributed by atoms with van der Waals surface area (Å²) in [4.78, 5) is 25.1. The highest BCUT2D eigenvalue weighted by molar-refractivity contribution is 6.30. The molecule has 14 heavy (non-hydrogen) atoms. The number of carbonyl (C=O) groups excluding carboxylic acids is 2. The van der Waals surface area contributed by atoms with E-state index >= 15 is 0 Å². The standard InChI is InChI=1S/C10H4ClNO2/c11-6-1-2-9-7(3-6)8(4-13)10(5-14)12-9/h1-4H. The van der Waals surface area contributed by atoms with E-state index in [2.05, 4.69) is 4.99 Å². The van der Waals surface area contributed by atoms with Crippen molar-refractivity contribution in [1.82, 2.24) is 0 Å². The predicted molar refractivity (Wildman–Crippen MR) is 50.9 cm³/mol. The smallest absolute Gasteiger partial charge is 0.158 e. The van der Waals surface area contributed by atoms with Crippen LogP contribution >= 0.6 is 11.6 Å². The molecule has 0 saturated carbocycles. The van der Waals surface area contributed by atoms with Crippen molar-refractivity contribution in [1.29, 1.82) is 0 Å². The van der Waals surface area contributed by atoms with Crippen LogP contribution in [0.1, 0.15) is 0 Å². The zero-order chi connectivity index (χ0) is 10.1. The number of benzene rings is 1. The van der Waals surface area contributed by atoms with E-state index in [1.165, 1.54) is 0 Å². The Morgan fingerprint density at radius 3 is 2.86 bits per heavy atom. The molecule has 2 rings (SSSR count). The molecular weight excluding hydrogens is 202 g/mol. The molecule has 0 atom stereocenters. The number of hydrogen-bond donors (Lipinski definition) is 0. The van der Waals surface area contributed by atoms with E-state index in [4.69, 9.17) is 11.6 Å². The first-order valence-electron chi connectivity index (χ1n) is 3.85. The Labute approximate surface area is 84.0 Å². The minimum atomic E-state index is 0.0391. The van der Waals surface area contributed by atoms with Crippen molar-refractivity contribution < 1.29 is 9.59 Å². The molecule has 0 bridgehead atoms. The van der Waals surface area contributed by atoms with Gasteiger partial charge >= 0.3 is 0 Å². The molecule has 68 valence electrons. The molecule has 1 aromatic rings. The Morgan fingerprint density at radius 2 is 2.21 bits per heavy atom. The zero-order valence-corrected chi connectivity index (χ0v) is 7.71. The van der Waals surface area contributed by atoms with Crippen molar-refractivity contribution in [2.24, 2.45) is 4.99 Å². The van der Waals surface area contributed by atoms with Gasteiger partial charge in [0.2, 0.25) is 0 Å². The quantitative estimate of drug-likeness (QED) is 0.480.